The second kappa shape index (κ2) is 2.04. The van der Waals surface area contributed by atoms with Crippen LogP contribution < -0.4 is 5.63 Å². The van der Waals surface area contributed by atoms with E-state index in [2.05, 4.69) is 0 Å². The molecule has 0 aromatic carbocycles. The van der Waals surface area contributed by atoms with Gasteiger partial charge in [0.2, 0.25) is 5.58 Å². The summed E-state index contributed by atoms with van der Waals surface area (Å²) in [5.74, 6) is 0. The Balaban J connectivity index is 2.79. The SMILES string of the molecule is O=c1oc2ccoc2c2occc12. The quantitative estimate of drug-likeness (QED) is 0.526. The molecule has 13 heavy (non-hydrogen) atoms. The maximum atomic E-state index is 11.3. The predicted molar refractivity (Wildman–Crippen MR) is 44.5 cm³/mol. The normalized spacial score (nSPS) is 11.4. The van der Waals surface area contributed by atoms with Crippen molar-refractivity contribution in [3.05, 3.63) is 35.1 Å². The summed E-state index contributed by atoms with van der Waals surface area (Å²) in [4.78, 5) is 11.3. The van der Waals surface area contributed by atoms with Gasteiger partial charge in [-0.25, -0.2) is 4.79 Å². The van der Waals surface area contributed by atoms with Gasteiger partial charge in [0.15, 0.2) is 11.2 Å². The molecule has 4 nitrogen and oxygen atoms in total. The van der Waals surface area contributed by atoms with E-state index in [0.717, 1.165) is 0 Å². The molecular weight excluding hydrogens is 172 g/mol. The van der Waals surface area contributed by atoms with Crippen molar-refractivity contribution in [2.45, 2.75) is 0 Å². The van der Waals surface area contributed by atoms with Gasteiger partial charge in [0, 0.05) is 6.07 Å². The summed E-state index contributed by atoms with van der Waals surface area (Å²) in [5.41, 5.74) is 0.918. The van der Waals surface area contributed by atoms with Crippen LogP contribution in [0.15, 0.2) is 42.7 Å². The molecule has 3 aromatic heterocycles. The van der Waals surface area contributed by atoms with Crippen molar-refractivity contribution in [3.8, 4) is 0 Å². The number of hydrogen-bond donors (Lipinski definition) is 0. The van der Waals surface area contributed by atoms with Gasteiger partial charge in [-0.3, -0.25) is 0 Å². The highest BCUT2D eigenvalue weighted by Crippen LogP contribution is 2.23. The molecule has 0 saturated heterocycles. The number of hydrogen-bond acceptors (Lipinski definition) is 4. The molecule has 0 aliphatic heterocycles. The minimum absolute atomic E-state index is 0.405. The van der Waals surface area contributed by atoms with Crippen molar-refractivity contribution in [1.29, 1.82) is 0 Å². The van der Waals surface area contributed by atoms with Crippen LogP contribution in [0.2, 0.25) is 0 Å². The molecule has 0 bridgehead atoms. The third kappa shape index (κ3) is 0.717. The van der Waals surface area contributed by atoms with Gasteiger partial charge in [0.05, 0.1) is 12.5 Å². The lowest BCUT2D eigenvalue weighted by Gasteiger charge is -1.87. The molecule has 0 saturated carbocycles. The van der Waals surface area contributed by atoms with Crippen LogP contribution in [0.4, 0.5) is 0 Å². The smallest absolute Gasteiger partial charge is 0.347 e. The van der Waals surface area contributed by atoms with Gasteiger partial charge in [-0.2, -0.15) is 0 Å². The van der Waals surface area contributed by atoms with Crippen LogP contribution in [0.1, 0.15) is 0 Å². The highest BCUT2D eigenvalue weighted by Gasteiger charge is 2.11. The molecule has 0 spiro atoms. The van der Waals surface area contributed by atoms with E-state index in [-0.39, 0.29) is 0 Å². The zero-order valence-electron chi connectivity index (χ0n) is 6.44. The third-order valence-corrected chi connectivity index (χ3v) is 1.92. The standard InChI is InChI=1S/C9H4O4/c10-9-5-1-3-11-7(5)8-6(13-9)2-4-12-8/h1-4H. The molecule has 0 unspecified atom stereocenters. The summed E-state index contributed by atoms with van der Waals surface area (Å²) in [7, 11) is 0. The molecule has 0 fully saturated rings. The first-order chi connectivity index (χ1) is 6.36. The second-order valence-corrected chi connectivity index (χ2v) is 2.67. The first-order valence-corrected chi connectivity index (χ1v) is 3.74. The summed E-state index contributed by atoms with van der Waals surface area (Å²) in [6.45, 7) is 0. The lowest BCUT2D eigenvalue weighted by molar-refractivity contribution is 0.547. The van der Waals surface area contributed by atoms with Crippen molar-refractivity contribution >= 4 is 22.1 Å². The van der Waals surface area contributed by atoms with Gasteiger partial charge in [-0.1, -0.05) is 0 Å². The monoisotopic (exact) mass is 176 g/mol. The number of furan rings is 2. The molecule has 3 rings (SSSR count). The van der Waals surface area contributed by atoms with Crippen LogP contribution in [0.3, 0.4) is 0 Å². The van der Waals surface area contributed by atoms with Crippen molar-refractivity contribution in [3.63, 3.8) is 0 Å². The van der Waals surface area contributed by atoms with Crippen LogP contribution in [0, 0.1) is 0 Å². The van der Waals surface area contributed by atoms with Crippen LogP contribution in [0.25, 0.3) is 22.1 Å². The van der Waals surface area contributed by atoms with E-state index >= 15 is 0 Å². The van der Waals surface area contributed by atoms with E-state index in [1.165, 1.54) is 12.5 Å². The third-order valence-electron chi connectivity index (χ3n) is 1.92. The molecule has 64 valence electrons. The number of rotatable bonds is 0. The Labute approximate surface area is 71.3 Å². The van der Waals surface area contributed by atoms with Gasteiger partial charge in [0.25, 0.3) is 0 Å². The first kappa shape index (κ1) is 6.54. The molecule has 0 amide bonds. The van der Waals surface area contributed by atoms with Gasteiger partial charge in [0.1, 0.15) is 5.39 Å². The zero-order chi connectivity index (χ0) is 8.84. The Kier molecular flexibility index (Phi) is 1.02. The van der Waals surface area contributed by atoms with Crippen molar-refractivity contribution in [2.75, 3.05) is 0 Å². The fourth-order valence-corrected chi connectivity index (χ4v) is 1.34. The Morgan fingerprint density at radius 3 is 2.69 bits per heavy atom. The first-order valence-electron chi connectivity index (χ1n) is 3.74. The summed E-state index contributed by atoms with van der Waals surface area (Å²) < 4.78 is 15.2. The largest absolute Gasteiger partial charge is 0.460 e. The van der Waals surface area contributed by atoms with Gasteiger partial charge < -0.3 is 13.3 Å². The average molecular weight is 176 g/mol. The lowest BCUT2D eigenvalue weighted by atomic mass is 10.3. The molecule has 3 heterocycles. The zero-order valence-corrected chi connectivity index (χ0v) is 6.44. The maximum Gasteiger partial charge on any atom is 0.347 e. The van der Waals surface area contributed by atoms with Crippen molar-refractivity contribution < 1.29 is 13.3 Å². The van der Waals surface area contributed by atoms with Crippen molar-refractivity contribution in [2.24, 2.45) is 0 Å². The van der Waals surface area contributed by atoms with Crippen LogP contribution in [-0.2, 0) is 0 Å². The van der Waals surface area contributed by atoms with E-state index in [9.17, 15) is 4.79 Å². The molecular formula is C9H4O4. The molecule has 4 heteroatoms. The summed E-state index contributed by atoms with van der Waals surface area (Å²) in [6.07, 6.45) is 2.89. The minimum atomic E-state index is -0.405. The Hall–Kier alpha value is -1.97. The highest BCUT2D eigenvalue weighted by atomic mass is 16.4. The highest BCUT2D eigenvalue weighted by molar-refractivity contribution is 5.96. The van der Waals surface area contributed by atoms with E-state index in [4.69, 9.17) is 13.3 Å². The molecule has 3 aromatic rings. The fourth-order valence-electron chi connectivity index (χ4n) is 1.34. The maximum absolute atomic E-state index is 11.3. The Morgan fingerprint density at radius 1 is 1.00 bits per heavy atom. The lowest BCUT2D eigenvalue weighted by Crippen LogP contribution is -1.95. The second-order valence-electron chi connectivity index (χ2n) is 2.67. The molecule has 0 aliphatic rings. The summed E-state index contributed by atoms with van der Waals surface area (Å²) in [6, 6.07) is 3.14. The van der Waals surface area contributed by atoms with Crippen LogP contribution in [-0.4, -0.2) is 0 Å². The average Bonchev–Trinajstić information content (AvgIpc) is 2.66. The van der Waals surface area contributed by atoms with E-state index < -0.39 is 5.63 Å². The van der Waals surface area contributed by atoms with Crippen LogP contribution >= 0.6 is 0 Å². The summed E-state index contributed by atoms with van der Waals surface area (Å²) >= 11 is 0. The van der Waals surface area contributed by atoms with Gasteiger partial charge in [-0.05, 0) is 6.07 Å². The van der Waals surface area contributed by atoms with Crippen molar-refractivity contribution in [1.82, 2.24) is 0 Å². The van der Waals surface area contributed by atoms with Crippen LogP contribution in [0.5, 0.6) is 0 Å². The van der Waals surface area contributed by atoms with Gasteiger partial charge in [-0.15, -0.1) is 0 Å². The Bertz CT molecular complexity index is 625. The topological polar surface area (TPSA) is 56.5 Å². The van der Waals surface area contributed by atoms with Gasteiger partial charge >= 0.3 is 5.63 Å². The number of fused-ring (bicyclic) bond motifs is 3. The van der Waals surface area contributed by atoms with E-state index in [1.54, 1.807) is 12.1 Å². The molecule has 0 atom stereocenters. The molecule has 0 aliphatic carbocycles. The predicted octanol–water partition coefficient (Wildman–Crippen LogP) is 2.13. The Morgan fingerprint density at radius 2 is 1.77 bits per heavy atom. The molecule has 0 radical (unpaired) electrons. The summed E-state index contributed by atoms with van der Waals surface area (Å²) in [5, 5.41) is 0.405. The molecule has 0 N–H and O–H groups in total. The van der Waals surface area contributed by atoms with E-state index in [0.29, 0.717) is 22.1 Å². The minimum Gasteiger partial charge on any atom is -0.460 e. The van der Waals surface area contributed by atoms with E-state index in [1.807, 2.05) is 0 Å². The fraction of sp³-hybridized carbons (Fsp3) is 0.